The molecule has 1 aromatic rings. The number of amides is 1. The highest BCUT2D eigenvalue weighted by Gasteiger charge is 2.32. The normalized spacial score (nSPS) is 23.5. The van der Waals surface area contributed by atoms with E-state index in [0.29, 0.717) is 37.9 Å². The molecule has 0 spiro atoms. The maximum Gasteiger partial charge on any atom is 0.407 e. The number of hydrogen-bond acceptors (Lipinski definition) is 3. The molecule has 0 saturated carbocycles. The predicted molar refractivity (Wildman–Crippen MR) is 68.5 cm³/mol. The Bertz CT molecular complexity index is 506. The summed E-state index contributed by atoms with van der Waals surface area (Å²) in [5, 5.41) is 28.4. The fourth-order valence-corrected chi connectivity index (χ4v) is 2.45. The average molecular weight is 260 g/mol. The van der Waals surface area contributed by atoms with E-state index in [1.165, 1.54) is 4.90 Å². The van der Waals surface area contributed by atoms with Crippen LogP contribution < -0.4 is 0 Å². The van der Waals surface area contributed by atoms with Crippen LogP contribution in [0.15, 0.2) is 24.3 Å². The summed E-state index contributed by atoms with van der Waals surface area (Å²) >= 11 is 0. The van der Waals surface area contributed by atoms with Crippen molar-refractivity contribution >= 4 is 6.09 Å². The van der Waals surface area contributed by atoms with Crippen LogP contribution in [0.2, 0.25) is 0 Å². The lowest BCUT2D eigenvalue weighted by Gasteiger charge is -2.27. The van der Waals surface area contributed by atoms with E-state index < -0.39 is 11.7 Å². The van der Waals surface area contributed by atoms with Gasteiger partial charge < -0.3 is 15.1 Å². The molecular weight excluding hydrogens is 244 g/mol. The molecule has 0 bridgehead atoms. The third-order valence-electron chi connectivity index (χ3n) is 3.64. The van der Waals surface area contributed by atoms with Gasteiger partial charge in [0, 0.05) is 13.1 Å². The third-order valence-corrected chi connectivity index (χ3v) is 3.64. The Morgan fingerprint density at radius 2 is 1.95 bits per heavy atom. The molecule has 0 aliphatic carbocycles. The highest BCUT2D eigenvalue weighted by molar-refractivity contribution is 5.64. The first-order chi connectivity index (χ1) is 9.05. The largest absolute Gasteiger partial charge is 0.465 e. The number of carbonyl (C=O) groups is 1. The molecule has 5 heteroatoms. The second kappa shape index (κ2) is 5.29. The van der Waals surface area contributed by atoms with Crippen molar-refractivity contribution in [3.05, 3.63) is 35.4 Å². The molecule has 1 aliphatic rings. The summed E-state index contributed by atoms with van der Waals surface area (Å²) in [5.41, 5.74) is 0.296. The third kappa shape index (κ3) is 2.85. The van der Waals surface area contributed by atoms with E-state index in [1.54, 1.807) is 24.3 Å². The van der Waals surface area contributed by atoms with Crippen molar-refractivity contribution in [2.45, 2.75) is 24.9 Å². The summed E-state index contributed by atoms with van der Waals surface area (Å²) in [6.45, 7) is 0.778. The molecule has 1 aromatic carbocycles. The second-order valence-electron chi connectivity index (χ2n) is 4.84. The number of likely N-dealkylation sites (tertiary alicyclic amines) is 1. The fourth-order valence-electron chi connectivity index (χ4n) is 2.45. The van der Waals surface area contributed by atoms with Crippen molar-refractivity contribution in [1.29, 1.82) is 5.26 Å². The number of hydrogen-bond donors (Lipinski definition) is 2. The molecule has 1 atom stereocenters. The van der Waals surface area contributed by atoms with E-state index >= 15 is 0 Å². The van der Waals surface area contributed by atoms with Crippen molar-refractivity contribution in [2.75, 3.05) is 13.1 Å². The van der Waals surface area contributed by atoms with Crippen LogP contribution in [0.5, 0.6) is 0 Å². The van der Waals surface area contributed by atoms with Gasteiger partial charge in [0.05, 0.1) is 17.2 Å². The fraction of sp³-hybridized carbons (Fsp3) is 0.429. The zero-order chi connectivity index (χ0) is 13.9. The number of rotatable bonds is 1. The number of benzene rings is 1. The van der Waals surface area contributed by atoms with Gasteiger partial charge in [-0.05, 0) is 37.0 Å². The second-order valence-corrected chi connectivity index (χ2v) is 4.84. The lowest BCUT2D eigenvalue weighted by Crippen LogP contribution is -2.32. The standard InChI is InChI=1S/C14H16N2O3/c15-10-11-2-4-12(5-3-11)14(19)6-1-8-16(9-7-14)13(17)18/h2-5,19H,1,6-9H2,(H,17,18)/t14-/m0/s1. The van der Waals surface area contributed by atoms with Gasteiger partial charge in [-0.3, -0.25) is 0 Å². The molecule has 0 unspecified atom stereocenters. The molecule has 1 amide bonds. The molecule has 1 fully saturated rings. The van der Waals surface area contributed by atoms with Gasteiger partial charge in [-0.2, -0.15) is 5.26 Å². The summed E-state index contributed by atoms with van der Waals surface area (Å²) in [6.07, 6.45) is 0.598. The summed E-state index contributed by atoms with van der Waals surface area (Å²) in [4.78, 5) is 12.3. The van der Waals surface area contributed by atoms with Crippen LogP contribution in [0.3, 0.4) is 0 Å². The predicted octanol–water partition coefficient (Wildman–Crippen LogP) is 1.91. The van der Waals surface area contributed by atoms with Crippen molar-refractivity contribution in [1.82, 2.24) is 4.90 Å². The Morgan fingerprint density at radius 1 is 1.26 bits per heavy atom. The van der Waals surface area contributed by atoms with Crippen molar-refractivity contribution in [3.63, 3.8) is 0 Å². The molecule has 5 nitrogen and oxygen atoms in total. The number of carboxylic acid groups (broad SMARTS) is 1. The molecule has 1 aliphatic heterocycles. The monoisotopic (exact) mass is 260 g/mol. The summed E-state index contributed by atoms with van der Waals surface area (Å²) < 4.78 is 0. The van der Waals surface area contributed by atoms with Crippen LogP contribution in [0, 0.1) is 11.3 Å². The molecule has 19 heavy (non-hydrogen) atoms. The maximum atomic E-state index is 10.9. The van der Waals surface area contributed by atoms with E-state index in [0.717, 1.165) is 5.56 Å². The first-order valence-electron chi connectivity index (χ1n) is 6.26. The molecule has 1 saturated heterocycles. The van der Waals surface area contributed by atoms with Gasteiger partial charge in [0.15, 0.2) is 0 Å². The van der Waals surface area contributed by atoms with Gasteiger partial charge in [-0.15, -0.1) is 0 Å². The van der Waals surface area contributed by atoms with E-state index in [-0.39, 0.29) is 0 Å². The highest BCUT2D eigenvalue weighted by atomic mass is 16.4. The van der Waals surface area contributed by atoms with Crippen LogP contribution in [0.4, 0.5) is 4.79 Å². The van der Waals surface area contributed by atoms with Gasteiger partial charge in [-0.25, -0.2) is 4.79 Å². The number of nitriles is 1. The lowest BCUT2D eigenvalue weighted by molar-refractivity contribution is 0.0216. The summed E-state index contributed by atoms with van der Waals surface area (Å²) in [6, 6.07) is 8.87. The van der Waals surface area contributed by atoms with Crippen LogP contribution >= 0.6 is 0 Å². The van der Waals surface area contributed by atoms with Crippen molar-refractivity contribution in [3.8, 4) is 6.07 Å². The smallest absolute Gasteiger partial charge is 0.407 e. The van der Waals surface area contributed by atoms with Gasteiger partial charge >= 0.3 is 6.09 Å². The number of aliphatic hydroxyl groups is 1. The van der Waals surface area contributed by atoms with Crippen LogP contribution in [0.25, 0.3) is 0 Å². The minimum Gasteiger partial charge on any atom is -0.465 e. The number of nitrogens with zero attached hydrogens (tertiary/aromatic N) is 2. The minimum atomic E-state index is -1.00. The summed E-state index contributed by atoms with van der Waals surface area (Å²) in [7, 11) is 0. The Morgan fingerprint density at radius 3 is 2.53 bits per heavy atom. The van der Waals surface area contributed by atoms with Crippen molar-refractivity contribution < 1.29 is 15.0 Å². The van der Waals surface area contributed by atoms with Crippen LogP contribution in [-0.4, -0.2) is 34.3 Å². The quantitative estimate of drug-likeness (QED) is 0.807. The summed E-state index contributed by atoms with van der Waals surface area (Å²) in [5.74, 6) is 0. The van der Waals surface area contributed by atoms with E-state index in [4.69, 9.17) is 10.4 Å². The van der Waals surface area contributed by atoms with Gasteiger partial charge in [-0.1, -0.05) is 12.1 Å². The SMILES string of the molecule is N#Cc1ccc([C@]2(O)CCCN(C(=O)O)CC2)cc1. The molecule has 1 heterocycles. The zero-order valence-electron chi connectivity index (χ0n) is 10.5. The van der Waals surface area contributed by atoms with Crippen LogP contribution in [0.1, 0.15) is 30.4 Å². The molecular formula is C14H16N2O3. The van der Waals surface area contributed by atoms with Crippen molar-refractivity contribution in [2.24, 2.45) is 0 Å². The van der Waals surface area contributed by atoms with Crippen LogP contribution in [-0.2, 0) is 5.60 Å². The topological polar surface area (TPSA) is 84.6 Å². The average Bonchev–Trinajstić information content (AvgIpc) is 2.62. The lowest BCUT2D eigenvalue weighted by atomic mass is 9.86. The Kier molecular flexibility index (Phi) is 3.72. The zero-order valence-corrected chi connectivity index (χ0v) is 10.5. The Hall–Kier alpha value is -2.06. The molecule has 2 rings (SSSR count). The van der Waals surface area contributed by atoms with Gasteiger partial charge in [0.1, 0.15) is 0 Å². The molecule has 0 radical (unpaired) electrons. The minimum absolute atomic E-state index is 0.325. The first kappa shape index (κ1) is 13.4. The van der Waals surface area contributed by atoms with Gasteiger partial charge in [0.2, 0.25) is 0 Å². The Labute approximate surface area is 111 Å². The van der Waals surface area contributed by atoms with E-state index in [1.807, 2.05) is 6.07 Å². The molecule has 100 valence electrons. The van der Waals surface area contributed by atoms with Gasteiger partial charge in [0.25, 0.3) is 0 Å². The first-order valence-corrected chi connectivity index (χ1v) is 6.26. The molecule has 0 aromatic heterocycles. The highest BCUT2D eigenvalue weighted by Crippen LogP contribution is 2.32. The van der Waals surface area contributed by atoms with E-state index in [9.17, 15) is 9.90 Å². The maximum absolute atomic E-state index is 10.9. The molecule has 2 N–H and O–H groups in total. The van der Waals surface area contributed by atoms with E-state index in [2.05, 4.69) is 0 Å². The Balaban J connectivity index is 2.17.